The van der Waals surface area contributed by atoms with Crippen molar-refractivity contribution >= 4 is 24.1 Å². The monoisotopic (exact) mass is 504 g/mol. The average Bonchev–Trinajstić information content (AvgIpc) is 2.87. The standard InChI is InChI=1S/C31H40N4.ClH/c1-6-22(2)24-13-17-27(18-14-24)35(21-23-11-15-26(16-12-23)31(3,4)5)30(32)34-29-28-10-8-7-9-25(28)19-20-33-29;/h7-18,22,29,33H,6,19-21H2,1-5H3,(H2,32,34);1H. The molecule has 192 valence electrons. The highest BCUT2D eigenvalue weighted by Crippen LogP contribution is 2.27. The molecule has 0 radical (unpaired) electrons. The lowest BCUT2D eigenvalue weighted by molar-refractivity contribution is 0.475. The van der Waals surface area contributed by atoms with Crippen LogP contribution in [0.25, 0.3) is 0 Å². The minimum Gasteiger partial charge on any atom is -0.337 e. The Kier molecular flexibility index (Phi) is 9.21. The van der Waals surface area contributed by atoms with Crippen LogP contribution in [-0.4, -0.2) is 12.5 Å². The third-order valence-corrected chi connectivity index (χ3v) is 7.21. The number of hydrogen-bond acceptors (Lipinski definition) is 2. The minimum atomic E-state index is -0.0717. The first-order chi connectivity index (χ1) is 16.8. The van der Waals surface area contributed by atoms with Gasteiger partial charge in [-0.3, -0.25) is 10.7 Å². The van der Waals surface area contributed by atoms with Gasteiger partial charge in [-0.25, -0.2) is 0 Å². The second-order valence-electron chi connectivity index (χ2n) is 10.8. The van der Waals surface area contributed by atoms with Crippen molar-refractivity contribution in [3.05, 3.63) is 101 Å². The van der Waals surface area contributed by atoms with Crippen molar-refractivity contribution in [2.45, 2.75) is 71.5 Å². The van der Waals surface area contributed by atoms with Gasteiger partial charge in [0.2, 0.25) is 0 Å². The van der Waals surface area contributed by atoms with Crippen LogP contribution in [0.2, 0.25) is 0 Å². The van der Waals surface area contributed by atoms with Crippen LogP contribution in [0.1, 0.15) is 80.9 Å². The van der Waals surface area contributed by atoms with Gasteiger partial charge in [0.25, 0.3) is 0 Å². The Morgan fingerprint density at radius 1 is 1.03 bits per heavy atom. The molecule has 0 saturated heterocycles. The van der Waals surface area contributed by atoms with Gasteiger partial charge in [0, 0.05) is 12.2 Å². The van der Waals surface area contributed by atoms with Gasteiger partial charge < -0.3 is 10.2 Å². The first-order valence-electron chi connectivity index (χ1n) is 12.9. The third kappa shape index (κ3) is 6.48. The maximum absolute atomic E-state index is 9.10. The molecule has 0 fully saturated rings. The van der Waals surface area contributed by atoms with Crippen LogP contribution in [0.3, 0.4) is 0 Å². The smallest absolute Gasteiger partial charge is 0.197 e. The third-order valence-electron chi connectivity index (χ3n) is 7.21. The lowest BCUT2D eigenvalue weighted by Crippen LogP contribution is -2.48. The van der Waals surface area contributed by atoms with E-state index in [2.05, 4.69) is 123 Å². The summed E-state index contributed by atoms with van der Waals surface area (Å²) in [4.78, 5) is 2.07. The van der Waals surface area contributed by atoms with E-state index in [0.29, 0.717) is 18.4 Å². The molecular formula is C31H41ClN4. The molecule has 0 bridgehead atoms. The summed E-state index contributed by atoms with van der Waals surface area (Å²) >= 11 is 0. The van der Waals surface area contributed by atoms with E-state index in [-0.39, 0.29) is 24.0 Å². The van der Waals surface area contributed by atoms with Crippen molar-refractivity contribution in [3.8, 4) is 0 Å². The fourth-order valence-electron chi connectivity index (χ4n) is 4.66. The van der Waals surface area contributed by atoms with Gasteiger partial charge in [-0.15, -0.1) is 12.4 Å². The number of guanidine groups is 1. The van der Waals surface area contributed by atoms with Crippen LogP contribution in [0.15, 0.2) is 72.8 Å². The molecule has 4 rings (SSSR count). The molecule has 3 N–H and O–H groups in total. The number of nitrogens with zero attached hydrogens (tertiary/aromatic N) is 1. The lowest BCUT2D eigenvalue weighted by atomic mass is 9.87. The van der Waals surface area contributed by atoms with Gasteiger partial charge in [-0.05, 0) is 64.1 Å². The van der Waals surface area contributed by atoms with Crippen molar-refractivity contribution in [2.75, 3.05) is 11.4 Å². The fourth-order valence-corrected chi connectivity index (χ4v) is 4.66. The zero-order valence-corrected chi connectivity index (χ0v) is 23.1. The Hall–Kier alpha value is -2.82. The van der Waals surface area contributed by atoms with Gasteiger partial charge in [-0.2, -0.15) is 0 Å². The van der Waals surface area contributed by atoms with Crippen molar-refractivity contribution < 1.29 is 0 Å². The Balaban J connectivity index is 0.00000361. The number of halogens is 1. The number of hydrogen-bond donors (Lipinski definition) is 3. The Bertz CT molecular complexity index is 1130. The van der Waals surface area contributed by atoms with E-state index in [4.69, 9.17) is 5.41 Å². The van der Waals surface area contributed by atoms with Crippen LogP contribution in [-0.2, 0) is 18.4 Å². The number of fused-ring (bicyclic) bond motifs is 1. The molecule has 2 unspecified atom stereocenters. The zero-order valence-electron chi connectivity index (χ0n) is 22.3. The normalized spacial score (nSPS) is 15.9. The summed E-state index contributed by atoms with van der Waals surface area (Å²) in [5.74, 6) is 0.929. The summed E-state index contributed by atoms with van der Waals surface area (Å²) in [7, 11) is 0. The van der Waals surface area contributed by atoms with Crippen molar-refractivity contribution in [3.63, 3.8) is 0 Å². The number of nitrogens with one attached hydrogen (secondary N) is 3. The molecular weight excluding hydrogens is 464 g/mol. The Labute approximate surface area is 223 Å². The van der Waals surface area contributed by atoms with E-state index in [0.717, 1.165) is 25.1 Å². The second kappa shape index (κ2) is 11.9. The SMILES string of the molecule is CCC(C)c1ccc(N(Cc2ccc(C(C)(C)C)cc2)C(=N)NC2NCCc3ccccc32)cc1.Cl. The van der Waals surface area contributed by atoms with Gasteiger partial charge >= 0.3 is 0 Å². The molecule has 4 nitrogen and oxygen atoms in total. The first-order valence-corrected chi connectivity index (χ1v) is 12.9. The van der Waals surface area contributed by atoms with Crippen LogP contribution in [0, 0.1) is 5.41 Å². The number of anilines is 1. The molecule has 1 heterocycles. The highest BCUT2D eigenvalue weighted by Gasteiger charge is 2.23. The predicted octanol–water partition coefficient (Wildman–Crippen LogP) is 7.29. The van der Waals surface area contributed by atoms with Crippen LogP contribution < -0.4 is 15.5 Å². The van der Waals surface area contributed by atoms with E-state index in [9.17, 15) is 0 Å². The van der Waals surface area contributed by atoms with Crippen LogP contribution >= 0.6 is 12.4 Å². The summed E-state index contributed by atoms with van der Waals surface area (Å²) < 4.78 is 0. The molecule has 0 spiro atoms. The number of rotatable bonds is 6. The molecule has 1 aliphatic rings. The zero-order chi connectivity index (χ0) is 25.0. The maximum atomic E-state index is 9.10. The summed E-state index contributed by atoms with van der Waals surface area (Å²) in [6.45, 7) is 12.7. The van der Waals surface area contributed by atoms with Crippen LogP contribution in [0.5, 0.6) is 0 Å². The average molecular weight is 505 g/mol. The molecule has 1 aliphatic heterocycles. The summed E-state index contributed by atoms with van der Waals surface area (Å²) in [6.07, 6.45) is 2.06. The molecule has 3 aromatic carbocycles. The predicted molar refractivity (Wildman–Crippen MR) is 155 cm³/mol. The van der Waals surface area contributed by atoms with Crippen molar-refractivity contribution in [2.24, 2.45) is 0 Å². The molecule has 0 saturated carbocycles. The second-order valence-corrected chi connectivity index (χ2v) is 10.8. The minimum absolute atomic E-state index is 0. The van der Waals surface area contributed by atoms with Crippen LogP contribution in [0.4, 0.5) is 5.69 Å². The fraction of sp³-hybridized carbons (Fsp3) is 0.387. The molecule has 5 heteroatoms. The van der Waals surface area contributed by atoms with E-state index in [1.807, 2.05) is 0 Å². The molecule has 3 aromatic rings. The molecule has 0 amide bonds. The van der Waals surface area contributed by atoms with Gasteiger partial charge in [0.1, 0.15) is 6.17 Å². The first kappa shape index (κ1) is 27.8. The molecule has 2 atom stereocenters. The molecule has 36 heavy (non-hydrogen) atoms. The quantitative estimate of drug-likeness (QED) is 0.244. The Morgan fingerprint density at radius 2 is 1.69 bits per heavy atom. The largest absolute Gasteiger partial charge is 0.337 e. The van der Waals surface area contributed by atoms with Gasteiger partial charge in [0.15, 0.2) is 5.96 Å². The topological polar surface area (TPSA) is 51.2 Å². The highest BCUT2D eigenvalue weighted by atomic mass is 35.5. The van der Waals surface area contributed by atoms with Gasteiger partial charge in [-0.1, -0.05) is 95.3 Å². The molecule has 0 aromatic heterocycles. The lowest BCUT2D eigenvalue weighted by Gasteiger charge is -2.33. The molecule has 0 aliphatic carbocycles. The summed E-state index contributed by atoms with van der Waals surface area (Å²) in [6, 6.07) is 26.1. The van der Waals surface area contributed by atoms with Crippen molar-refractivity contribution in [1.29, 1.82) is 5.41 Å². The summed E-state index contributed by atoms with van der Waals surface area (Å²) in [5.41, 5.74) is 7.57. The van der Waals surface area contributed by atoms with E-state index >= 15 is 0 Å². The summed E-state index contributed by atoms with van der Waals surface area (Å²) in [5, 5.41) is 16.1. The maximum Gasteiger partial charge on any atom is 0.197 e. The Morgan fingerprint density at radius 3 is 2.33 bits per heavy atom. The number of benzene rings is 3. The van der Waals surface area contributed by atoms with E-state index in [1.165, 1.54) is 27.8 Å². The highest BCUT2D eigenvalue weighted by molar-refractivity contribution is 5.94. The van der Waals surface area contributed by atoms with E-state index < -0.39 is 0 Å². The van der Waals surface area contributed by atoms with Gasteiger partial charge in [0.05, 0.1) is 6.54 Å². The van der Waals surface area contributed by atoms with Crippen molar-refractivity contribution in [1.82, 2.24) is 10.6 Å². The van der Waals surface area contributed by atoms with E-state index in [1.54, 1.807) is 0 Å².